The first-order chi connectivity index (χ1) is 14.1. The van der Waals surface area contributed by atoms with Gasteiger partial charge in [-0.05, 0) is 37.1 Å². The van der Waals surface area contributed by atoms with Crippen molar-refractivity contribution in [3.63, 3.8) is 0 Å². The summed E-state index contributed by atoms with van der Waals surface area (Å²) in [6.07, 6.45) is 2.79. The highest BCUT2D eigenvalue weighted by atomic mass is 32.3. The lowest BCUT2D eigenvalue weighted by molar-refractivity contribution is 0.277. The van der Waals surface area contributed by atoms with E-state index in [0.717, 1.165) is 5.39 Å². The molecule has 0 amide bonds. The van der Waals surface area contributed by atoms with Crippen LogP contribution < -0.4 is 4.90 Å². The van der Waals surface area contributed by atoms with Crippen molar-refractivity contribution in [1.82, 2.24) is 24.8 Å². The number of hydrogen-bond donors (Lipinski definition) is 0. The maximum absolute atomic E-state index is 13.6. The first-order valence-electron chi connectivity index (χ1n) is 9.24. The van der Waals surface area contributed by atoms with Crippen LogP contribution in [0.5, 0.6) is 0 Å². The lowest BCUT2D eigenvalue weighted by Crippen LogP contribution is -2.35. The van der Waals surface area contributed by atoms with E-state index in [1.54, 1.807) is 6.07 Å². The Labute approximate surface area is 166 Å². The topological polar surface area (TPSA) is 99.3 Å². The SMILES string of the molecule is O=[S+]([O-])(c1cccnc1)c1nnn2c1nc(N1CCC(F)CC1)c1ccccc12. The summed E-state index contributed by atoms with van der Waals surface area (Å²) in [5, 5.41) is 8.60. The van der Waals surface area contributed by atoms with Crippen LogP contribution in [0.15, 0.2) is 58.7 Å². The minimum Gasteiger partial charge on any atom is -0.604 e. The van der Waals surface area contributed by atoms with Gasteiger partial charge in [-0.3, -0.25) is 4.98 Å². The van der Waals surface area contributed by atoms with Gasteiger partial charge in [0, 0.05) is 24.7 Å². The maximum atomic E-state index is 13.6. The van der Waals surface area contributed by atoms with Gasteiger partial charge in [0.25, 0.3) is 0 Å². The number of hydrogen-bond acceptors (Lipinski definition) is 7. The van der Waals surface area contributed by atoms with Gasteiger partial charge in [-0.25, -0.2) is 9.37 Å². The number of nitrogens with zero attached hydrogens (tertiary/aromatic N) is 6. The zero-order valence-corrected chi connectivity index (χ0v) is 16.1. The molecule has 1 fully saturated rings. The van der Waals surface area contributed by atoms with Crippen LogP contribution in [0.25, 0.3) is 16.6 Å². The Balaban J connectivity index is 1.74. The molecule has 4 heterocycles. The largest absolute Gasteiger partial charge is 0.604 e. The number of fused-ring (bicyclic) bond motifs is 3. The summed E-state index contributed by atoms with van der Waals surface area (Å²) < 4.78 is 41.3. The molecule has 4 aromatic rings. The third kappa shape index (κ3) is 2.95. The Morgan fingerprint density at radius 1 is 1.14 bits per heavy atom. The van der Waals surface area contributed by atoms with Gasteiger partial charge in [-0.2, -0.15) is 4.52 Å². The minimum atomic E-state index is -3.95. The summed E-state index contributed by atoms with van der Waals surface area (Å²) in [5.41, 5.74) is 0.833. The number of benzene rings is 1. The Morgan fingerprint density at radius 3 is 2.69 bits per heavy atom. The van der Waals surface area contributed by atoms with Crippen LogP contribution in [-0.2, 0) is 14.4 Å². The van der Waals surface area contributed by atoms with Gasteiger partial charge in [0.1, 0.15) is 22.2 Å². The van der Waals surface area contributed by atoms with Gasteiger partial charge in [-0.1, -0.05) is 26.7 Å². The van der Waals surface area contributed by atoms with Crippen molar-refractivity contribution in [3.8, 4) is 0 Å². The number of anilines is 1. The average Bonchev–Trinajstić information content (AvgIpc) is 3.20. The number of para-hydroxylation sites is 1. The third-order valence-electron chi connectivity index (χ3n) is 5.13. The van der Waals surface area contributed by atoms with Crippen LogP contribution in [0.4, 0.5) is 10.2 Å². The molecule has 0 aliphatic carbocycles. The van der Waals surface area contributed by atoms with E-state index in [1.807, 2.05) is 29.2 Å². The summed E-state index contributed by atoms with van der Waals surface area (Å²) in [4.78, 5) is 10.6. The zero-order valence-electron chi connectivity index (χ0n) is 15.3. The van der Waals surface area contributed by atoms with Gasteiger partial charge in [0.15, 0.2) is 4.90 Å². The Bertz CT molecular complexity index is 1240. The van der Waals surface area contributed by atoms with E-state index >= 15 is 0 Å². The molecule has 8 nitrogen and oxygen atoms in total. The summed E-state index contributed by atoms with van der Waals surface area (Å²) >= 11 is 0. The van der Waals surface area contributed by atoms with Gasteiger partial charge in [0.2, 0.25) is 5.65 Å². The number of rotatable bonds is 3. The predicted octanol–water partition coefficient (Wildman–Crippen LogP) is 2.66. The summed E-state index contributed by atoms with van der Waals surface area (Å²) in [6.45, 7) is 1.03. The summed E-state index contributed by atoms with van der Waals surface area (Å²) in [5.74, 6) is 0.616. The molecule has 1 aliphatic rings. The highest BCUT2D eigenvalue weighted by Gasteiger charge is 2.33. The number of aromatic nitrogens is 5. The lowest BCUT2D eigenvalue weighted by atomic mass is 10.1. The third-order valence-corrected chi connectivity index (χ3v) is 6.76. The second-order valence-corrected chi connectivity index (χ2v) is 8.80. The fourth-order valence-corrected chi connectivity index (χ4v) is 4.82. The molecule has 0 bridgehead atoms. The van der Waals surface area contributed by atoms with Crippen molar-refractivity contribution in [1.29, 1.82) is 0 Å². The van der Waals surface area contributed by atoms with E-state index in [-0.39, 0.29) is 15.6 Å². The molecule has 0 N–H and O–H groups in total. The molecule has 1 aliphatic heterocycles. The van der Waals surface area contributed by atoms with Crippen LogP contribution in [0.2, 0.25) is 0 Å². The molecule has 148 valence electrons. The monoisotopic (exact) mass is 412 g/mol. The van der Waals surface area contributed by atoms with E-state index < -0.39 is 16.4 Å². The van der Waals surface area contributed by atoms with Crippen molar-refractivity contribution in [3.05, 3.63) is 48.8 Å². The molecule has 3 aromatic heterocycles. The molecule has 1 unspecified atom stereocenters. The quantitative estimate of drug-likeness (QED) is 0.477. The first kappa shape index (κ1) is 18.1. The number of piperidine rings is 1. The van der Waals surface area contributed by atoms with Gasteiger partial charge in [-0.15, -0.1) is 0 Å². The van der Waals surface area contributed by atoms with E-state index in [0.29, 0.717) is 37.3 Å². The van der Waals surface area contributed by atoms with E-state index in [1.165, 1.54) is 23.0 Å². The van der Waals surface area contributed by atoms with E-state index in [4.69, 9.17) is 0 Å². The highest BCUT2D eigenvalue weighted by Crippen LogP contribution is 2.32. The van der Waals surface area contributed by atoms with Crippen LogP contribution in [0.1, 0.15) is 12.8 Å². The van der Waals surface area contributed by atoms with Crippen LogP contribution in [-0.4, -0.2) is 48.6 Å². The van der Waals surface area contributed by atoms with Gasteiger partial charge in [0.05, 0.1) is 11.7 Å². The fourth-order valence-electron chi connectivity index (χ4n) is 3.62. The second-order valence-electron chi connectivity index (χ2n) is 6.94. The Morgan fingerprint density at radius 2 is 1.93 bits per heavy atom. The molecule has 5 rings (SSSR count). The predicted molar refractivity (Wildman–Crippen MR) is 104 cm³/mol. The normalized spacial score (nSPS) is 17.7. The lowest BCUT2D eigenvalue weighted by Gasteiger charge is -2.30. The van der Waals surface area contributed by atoms with Crippen LogP contribution in [0.3, 0.4) is 0 Å². The van der Waals surface area contributed by atoms with Crippen LogP contribution >= 0.6 is 0 Å². The molecule has 29 heavy (non-hydrogen) atoms. The molecular formula is C19H17FN6O2S. The van der Waals surface area contributed by atoms with Crippen molar-refractivity contribution in [2.75, 3.05) is 18.0 Å². The molecule has 1 saturated heterocycles. The van der Waals surface area contributed by atoms with Crippen LogP contribution in [0, 0.1) is 0 Å². The fraction of sp³-hybridized carbons (Fsp3) is 0.263. The maximum Gasteiger partial charge on any atom is 0.318 e. The molecule has 1 atom stereocenters. The number of halogens is 1. The first-order valence-corrected chi connectivity index (χ1v) is 10.7. The smallest absolute Gasteiger partial charge is 0.318 e. The van der Waals surface area contributed by atoms with Crippen molar-refractivity contribution >= 4 is 32.6 Å². The number of alkyl halides is 1. The average molecular weight is 412 g/mol. The number of pyridine rings is 1. The molecule has 0 spiro atoms. The van der Waals surface area contributed by atoms with Crippen molar-refractivity contribution in [2.24, 2.45) is 0 Å². The standard InChI is InChI=1S/C19H17FN6O2S/c20-13-7-10-25(11-8-13)17-15-5-1-2-6-16(15)26-18(22-17)19(23-24-26)29(27,28)14-4-3-9-21-12-14/h1-6,9,12-13H,7-8,10-11H2. The summed E-state index contributed by atoms with van der Waals surface area (Å²) in [6, 6.07) is 10.5. The molecular weight excluding hydrogens is 395 g/mol. The van der Waals surface area contributed by atoms with Crippen molar-refractivity contribution in [2.45, 2.75) is 28.9 Å². The Kier molecular flexibility index (Phi) is 4.25. The van der Waals surface area contributed by atoms with Gasteiger partial charge < -0.3 is 9.45 Å². The van der Waals surface area contributed by atoms with Crippen molar-refractivity contribution < 1.29 is 13.2 Å². The zero-order chi connectivity index (χ0) is 20.0. The molecule has 0 radical (unpaired) electrons. The van der Waals surface area contributed by atoms with E-state index in [9.17, 15) is 13.2 Å². The highest BCUT2D eigenvalue weighted by molar-refractivity contribution is 7.97. The van der Waals surface area contributed by atoms with E-state index in [2.05, 4.69) is 20.3 Å². The minimum absolute atomic E-state index is 0.0251. The Hall–Kier alpha value is -2.98. The molecule has 10 heteroatoms. The van der Waals surface area contributed by atoms with Gasteiger partial charge >= 0.3 is 5.03 Å². The number of sulfone groups is 1. The summed E-state index contributed by atoms with van der Waals surface area (Å²) in [7, 11) is -3.95. The molecule has 0 saturated carbocycles. The second kappa shape index (κ2) is 6.82. The molecule has 1 aromatic carbocycles.